The Balaban J connectivity index is 2.65. The lowest BCUT2D eigenvalue weighted by molar-refractivity contribution is 0.0691. The normalized spacial score (nSPS) is 11.4. The predicted molar refractivity (Wildman–Crippen MR) is 65.8 cm³/mol. The second kappa shape index (κ2) is 4.39. The fraction of sp³-hybridized carbons (Fsp3) is 0.0909. The topological polar surface area (TPSA) is 120 Å². The maximum absolute atomic E-state index is 11.4. The minimum atomic E-state index is -3.63. The van der Waals surface area contributed by atoms with Gasteiger partial charge in [-0.3, -0.25) is 0 Å². The predicted octanol–water partition coefficient (Wildman–Crippen LogP) is 0.884. The van der Waals surface area contributed by atoms with Crippen molar-refractivity contribution in [3.05, 3.63) is 30.0 Å². The van der Waals surface area contributed by atoms with Gasteiger partial charge in [-0.15, -0.1) is 0 Å². The van der Waals surface area contributed by atoms with Gasteiger partial charge in [-0.05, 0) is 24.3 Å². The van der Waals surface area contributed by atoms with Crippen molar-refractivity contribution in [3.63, 3.8) is 0 Å². The first kappa shape index (κ1) is 13.1. The van der Waals surface area contributed by atoms with Crippen LogP contribution in [0.5, 0.6) is 5.75 Å². The van der Waals surface area contributed by atoms with E-state index in [9.17, 15) is 18.3 Å². The highest BCUT2D eigenvalue weighted by Crippen LogP contribution is 2.25. The third-order valence-electron chi connectivity index (χ3n) is 2.39. The number of aromatic hydroxyl groups is 1. The molecule has 1 aromatic carbocycles. The first-order valence-electron chi connectivity index (χ1n) is 5.12. The van der Waals surface area contributed by atoms with Gasteiger partial charge in [0.25, 0.3) is 0 Å². The van der Waals surface area contributed by atoms with Crippen molar-refractivity contribution in [3.8, 4) is 17.0 Å². The molecule has 19 heavy (non-hydrogen) atoms. The third kappa shape index (κ3) is 2.58. The minimum Gasteiger partial charge on any atom is -0.508 e. The van der Waals surface area contributed by atoms with Crippen LogP contribution >= 0.6 is 0 Å². The van der Waals surface area contributed by atoms with E-state index in [1.54, 1.807) is 0 Å². The van der Waals surface area contributed by atoms with Gasteiger partial charge in [-0.25, -0.2) is 18.2 Å². The second-order valence-electron chi connectivity index (χ2n) is 3.89. The number of benzene rings is 1. The van der Waals surface area contributed by atoms with Gasteiger partial charge in [0.1, 0.15) is 11.4 Å². The number of imidazole rings is 1. The van der Waals surface area contributed by atoms with Crippen molar-refractivity contribution in [2.45, 2.75) is 5.16 Å². The molecule has 0 fully saturated rings. The molecule has 0 aliphatic rings. The number of phenols is 1. The van der Waals surface area contributed by atoms with Crippen LogP contribution in [0.2, 0.25) is 0 Å². The summed E-state index contributed by atoms with van der Waals surface area (Å²) in [6, 6.07) is 5.61. The van der Waals surface area contributed by atoms with E-state index < -0.39 is 21.0 Å². The summed E-state index contributed by atoms with van der Waals surface area (Å²) in [5.74, 6) is -1.30. The molecule has 8 heteroatoms. The number of H-pyrrole nitrogens is 1. The Labute approximate surface area is 108 Å². The van der Waals surface area contributed by atoms with Gasteiger partial charge in [0.15, 0.2) is 5.69 Å². The summed E-state index contributed by atoms with van der Waals surface area (Å²) in [5, 5.41) is 17.8. The summed E-state index contributed by atoms with van der Waals surface area (Å²) in [4.78, 5) is 17.2. The molecule has 7 nitrogen and oxygen atoms in total. The highest BCUT2D eigenvalue weighted by Gasteiger charge is 2.22. The number of carboxylic acid groups (broad SMARTS) is 1. The molecule has 0 saturated carbocycles. The van der Waals surface area contributed by atoms with Gasteiger partial charge < -0.3 is 15.2 Å². The van der Waals surface area contributed by atoms with E-state index in [-0.39, 0.29) is 17.1 Å². The molecule has 0 bridgehead atoms. The van der Waals surface area contributed by atoms with Crippen LogP contribution in [0, 0.1) is 0 Å². The quantitative estimate of drug-likeness (QED) is 0.768. The maximum Gasteiger partial charge on any atom is 0.354 e. The Morgan fingerprint density at radius 3 is 2.32 bits per heavy atom. The smallest absolute Gasteiger partial charge is 0.354 e. The zero-order valence-electron chi connectivity index (χ0n) is 9.78. The third-order valence-corrected chi connectivity index (χ3v) is 3.28. The lowest BCUT2D eigenvalue weighted by atomic mass is 10.1. The van der Waals surface area contributed by atoms with Gasteiger partial charge >= 0.3 is 5.97 Å². The zero-order valence-corrected chi connectivity index (χ0v) is 10.6. The Morgan fingerprint density at radius 1 is 1.26 bits per heavy atom. The number of rotatable bonds is 3. The molecule has 1 aromatic heterocycles. The molecule has 0 amide bonds. The number of carbonyl (C=O) groups is 1. The van der Waals surface area contributed by atoms with Crippen LogP contribution in [0.4, 0.5) is 0 Å². The SMILES string of the molecule is CS(=O)(=O)c1nc(-c2ccc(O)cc2)c(C(=O)O)[nH]1. The molecule has 0 radical (unpaired) electrons. The molecule has 100 valence electrons. The van der Waals surface area contributed by atoms with E-state index in [0.717, 1.165) is 6.26 Å². The monoisotopic (exact) mass is 282 g/mol. The van der Waals surface area contributed by atoms with Crippen molar-refractivity contribution >= 4 is 15.8 Å². The number of aromatic amines is 1. The lowest BCUT2D eigenvalue weighted by Crippen LogP contribution is -2.01. The molecule has 0 aliphatic heterocycles. The number of aromatic carboxylic acids is 1. The van der Waals surface area contributed by atoms with Crippen LogP contribution < -0.4 is 0 Å². The maximum atomic E-state index is 11.4. The van der Waals surface area contributed by atoms with Gasteiger partial charge in [-0.2, -0.15) is 0 Å². The fourth-order valence-corrected chi connectivity index (χ4v) is 2.05. The molecule has 2 rings (SSSR count). The number of nitrogens with zero attached hydrogens (tertiary/aromatic N) is 1. The Hall–Kier alpha value is -2.35. The highest BCUT2D eigenvalue weighted by atomic mass is 32.2. The molecule has 0 atom stereocenters. The number of nitrogens with one attached hydrogen (secondary N) is 1. The van der Waals surface area contributed by atoms with Gasteiger partial charge in [0, 0.05) is 11.8 Å². The van der Waals surface area contributed by atoms with Crippen LogP contribution in [0.1, 0.15) is 10.5 Å². The first-order chi connectivity index (χ1) is 8.79. The van der Waals surface area contributed by atoms with Crippen molar-refractivity contribution in [1.82, 2.24) is 9.97 Å². The standard InChI is InChI=1S/C11H10N2O5S/c1-19(17,18)11-12-8(9(13-11)10(15)16)6-2-4-7(14)5-3-6/h2-5,14H,1H3,(H,12,13)(H,15,16). The molecule has 1 heterocycles. The number of hydrogen-bond acceptors (Lipinski definition) is 5. The number of carboxylic acids is 1. The van der Waals surface area contributed by atoms with Gasteiger partial charge in [0.05, 0.1) is 0 Å². The van der Waals surface area contributed by atoms with Crippen LogP contribution in [0.15, 0.2) is 29.4 Å². The molecule has 3 N–H and O–H groups in total. The summed E-state index contributed by atoms with van der Waals surface area (Å²) in [6.07, 6.45) is 0.929. The van der Waals surface area contributed by atoms with Crippen LogP contribution in [-0.4, -0.2) is 40.8 Å². The van der Waals surface area contributed by atoms with Crippen molar-refractivity contribution in [1.29, 1.82) is 0 Å². The molecular weight excluding hydrogens is 272 g/mol. The average Bonchev–Trinajstić information content (AvgIpc) is 2.74. The van der Waals surface area contributed by atoms with E-state index in [4.69, 9.17) is 5.11 Å². The fourth-order valence-electron chi connectivity index (χ4n) is 1.51. The van der Waals surface area contributed by atoms with E-state index in [2.05, 4.69) is 9.97 Å². The number of aromatic nitrogens is 2. The molecule has 0 unspecified atom stereocenters. The lowest BCUT2D eigenvalue weighted by Gasteiger charge is -1.98. The summed E-state index contributed by atoms with van der Waals surface area (Å²) in [6.45, 7) is 0. The molecule has 0 spiro atoms. The van der Waals surface area contributed by atoms with E-state index in [1.165, 1.54) is 24.3 Å². The molecule has 0 aliphatic carbocycles. The summed E-state index contributed by atoms with van der Waals surface area (Å²) in [5.41, 5.74) is 0.0837. The summed E-state index contributed by atoms with van der Waals surface area (Å²) < 4.78 is 22.8. The van der Waals surface area contributed by atoms with Gasteiger partial charge in [-0.1, -0.05) is 0 Å². The zero-order chi connectivity index (χ0) is 14.2. The molecule has 2 aromatic rings. The number of hydrogen-bond donors (Lipinski definition) is 3. The Bertz CT molecular complexity index is 731. The van der Waals surface area contributed by atoms with E-state index in [0.29, 0.717) is 5.56 Å². The van der Waals surface area contributed by atoms with Crippen LogP contribution in [0.3, 0.4) is 0 Å². The Morgan fingerprint density at radius 2 is 1.84 bits per heavy atom. The second-order valence-corrected chi connectivity index (χ2v) is 5.82. The summed E-state index contributed by atoms with van der Waals surface area (Å²) in [7, 11) is -3.63. The first-order valence-corrected chi connectivity index (χ1v) is 7.01. The molecular formula is C11H10N2O5S. The van der Waals surface area contributed by atoms with E-state index >= 15 is 0 Å². The van der Waals surface area contributed by atoms with Crippen LogP contribution in [0.25, 0.3) is 11.3 Å². The number of phenolic OH excluding ortho intramolecular Hbond substituents is 1. The van der Waals surface area contributed by atoms with Crippen molar-refractivity contribution in [2.75, 3.05) is 6.26 Å². The van der Waals surface area contributed by atoms with Crippen LogP contribution in [-0.2, 0) is 9.84 Å². The van der Waals surface area contributed by atoms with Crippen molar-refractivity contribution < 1.29 is 23.4 Å². The van der Waals surface area contributed by atoms with Crippen molar-refractivity contribution in [2.24, 2.45) is 0 Å². The highest BCUT2D eigenvalue weighted by molar-refractivity contribution is 7.90. The number of sulfone groups is 1. The minimum absolute atomic E-state index is 0.00734. The van der Waals surface area contributed by atoms with Gasteiger partial charge in [0.2, 0.25) is 15.0 Å². The average molecular weight is 282 g/mol. The molecule has 0 saturated heterocycles. The largest absolute Gasteiger partial charge is 0.508 e. The Kier molecular flexibility index (Phi) is 3.03. The van der Waals surface area contributed by atoms with E-state index in [1.807, 2.05) is 0 Å². The summed E-state index contributed by atoms with van der Waals surface area (Å²) >= 11 is 0.